The fourth-order valence-corrected chi connectivity index (χ4v) is 5.51. The third-order valence-electron chi connectivity index (χ3n) is 7.38. The van der Waals surface area contributed by atoms with Gasteiger partial charge in [-0.1, -0.05) is 6.07 Å². The van der Waals surface area contributed by atoms with Crippen LogP contribution in [0.5, 0.6) is 5.88 Å². The normalized spacial score (nSPS) is 16.4. The van der Waals surface area contributed by atoms with Gasteiger partial charge in [0, 0.05) is 37.9 Å². The van der Waals surface area contributed by atoms with Crippen LogP contribution in [0.15, 0.2) is 48.7 Å². The van der Waals surface area contributed by atoms with Crippen molar-refractivity contribution in [1.82, 2.24) is 9.97 Å². The molecule has 39 heavy (non-hydrogen) atoms. The number of halogens is 3. The molecule has 2 aliphatic heterocycles. The van der Waals surface area contributed by atoms with Crippen LogP contribution in [0.3, 0.4) is 0 Å². The lowest BCUT2D eigenvalue weighted by Crippen LogP contribution is -2.49. The molecule has 5 rings (SSSR count). The molecular formula is C28H27F3N6O2. The van der Waals surface area contributed by atoms with Crippen molar-refractivity contribution in [2.45, 2.75) is 31.4 Å². The lowest BCUT2D eigenvalue weighted by atomic mass is 9.74. The van der Waals surface area contributed by atoms with Gasteiger partial charge in [0.05, 0.1) is 40.1 Å². The molecule has 1 fully saturated rings. The molecule has 2 aliphatic rings. The van der Waals surface area contributed by atoms with Crippen LogP contribution in [-0.4, -0.2) is 48.7 Å². The van der Waals surface area contributed by atoms with Crippen molar-refractivity contribution < 1.29 is 22.7 Å². The Bertz CT molecular complexity index is 1440. The highest BCUT2D eigenvalue weighted by Crippen LogP contribution is 2.48. The van der Waals surface area contributed by atoms with E-state index in [0.29, 0.717) is 67.7 Å². The van der Waals surface area contributed by atoms with E-state index in [0.717, 1.165) is 17.7 Å². The van der Waals surface area contributed by atoms with Gasteiger partial charge in [0.25, 0.3) is 0 Å². The summed E-state index contributed by atoms with van der Waals surface area (Å²) in [6, 6.07) is 12.5. The van der Waals surface area contributed by atoms with E-state index in [4.69, 9.17) is 15.5 Å². The van der Waals surface area contributed by atoms with E-state index >= 15 is 0 Å². The molecule has 0 atom stereocenters. The summed E-state index contributed by atoms with van der Waals surface area (Å²) in [7, 11) is 0. The number of nitrogens with two attached hydrogens (primary N) is 1. The maximum Gasteiger partial charge on any atom is 0.416 e. The van der Waals surface area contributed by atoms with Crippen molar-refractivity contribution in [1.29, 1.82) is 5.26 Å². The first-order chi connectivity index (χ1) is 18.7. The zero-order valence-corrected chi connectivity index (χ0v) is 21.3. The van der Waals surface area contributed by atoms with Gasteiger partial charge >= 0.3 is 6.18 Å². The summed E-state index contributed by atoms with van der Waals surface area (Å²) >= 11 is 0. The molecule has 0 bridgehead atoms. The predicted molar refractivity (Wildman–Crippen MR) is 139 cm³/mol. The summed E-state index contributed by atoms with van der Waals surface area (Å²) < 4.78 is 45.2. The van der Waals surface area contributed by atoms with E-state index < -0.39 is 17.2 Å². The number of benzene rings is 1. The second kappa shape index (κ2) is 10.2. The topological polar surface area (TPSA) is 108 Å². The van der Waals surface area contributed by atoms with Crippen LogP contribution in [0.4, 0.5) is 24.7 Å². The van der Waals surface area contributed by atoms with Crippen LogP contribution in [0, 0.1) is 11.3 Å². The minimum atomic E-state index is -4.53. The van der Waals surface area contributed by atoms with E-state index in [-0.39, 0.29) is 18.0 Å². The number of carbonyl (C=O) groups excluding carboxylic acids is 1. The van der Waals surface area contributed by atoms with Gasteiger partial charge in [0.2, 0.25) is 11.8 Å². The highest BCUT2D eigenvalue weighted by molar-refractivity contribution is 6.07. The number of nitrogens with zero attached hydrogens (tertiary/aromatic N) is 5. The van der Waals surface area contributed by atoms with E-state index in [1.165, 1.54) is 6.07 Å². The monoisotopic (exact) mass is 536 g/mol. The molecule has 2 aromatic heterocycles. The molecule has 3 aromatic rings. The first-order valence-electron chi connectivity index (χ1n) is 12.7. The molecule has 0 saturated carbocycles. The zero-order chi connectivity index (χ0) is 27.8. The van der Waals surface area contributed by atoms with E-state index in [1.54, 1.807) is 17.2 Å². The van der Waals surface area contributed by atoms with E-state index in [1.807, 2.05) is 36.1 Å². The number of pyridine rings is 2. The summed E-state index contributed by atoms with van der Waals surface area (Å²) in [5.41, 5.74) is 6.69. The molecular weight excluding hydrogens is 509 g/mol. The van der Waals surface area contributed by atoms with Crippen LogP contribution in [0.2, 0.25) is 0 Å². The third kappa shape index (κ3) is 4.55. The van der Waals surface area contributed by atoms with E-state index in [9.17, 15) is 23.2 Å². The summed E-state index contributed by atoms with van der Waals surface area (Å²) in [5, 5.41) is 9.55. The second-order valence-electron chi connectivity index (χ2n) is 9.51. The number of amides is 1. The molecule has 2 N–H and O–H groups in total. The lowest BCUT2D eigenvalue weighted by Gasteiger charge is -2.39. The van der Waals surface area contributed by atoms with Crippen molar-refractivity contribution in [2.75, 3.05) is 42.6 Å². The molecule has 202 valence electrons. The Balaban J connectivity index is 1.47. The van der Waals surface area contributed by atoms with Crippen molar-refractivity contribution >= 4 is 17.4 Å². The molecule has 1 saturated heterocycles. The minimum absolute atomic E-state index is 0.0448. The summed E-state index contributed by atoms with van der Waals surface area (Å²) in [6.07, 6.45) is -2.05. The van der Waals surface area contributed by atoms with Gasteiger partial charge in [-0.25, -0.2) is 9.97 Å². The Hall–Kier alpha value is -4.17. The summed E-state index contributed by atoms with van der Waals surface area (Å²) in [5.74, 6) is 0.918. The number of alkyl halides is 3. The molecule has 1 spiro atoms. The number of carbonyl (C=O) groups is 1. The number of hydrogen-bond donors (Lipinski definition) is 1. The Morgan fingerprint density at radius 2 is 1.95 bits per heavy atom. The maximum atomic E-state index is 13.9. The van der Waals surface area contributed by atoms with Crippen LogP contribution < -0.4 is 20.3 Å². The maximum absolute atomic E-state index is 13.9. The Morgan fingerprint density at radius 3 is 2.62 bits per heavy atom. The van der Waals surface area contributed by atoms with Crippen molar-refractivity contribution in [3.05, 3.63) is 65.4 Å². The fraction of sp³-hybridized carbons (Fsp3) is 0.357. The highest BCUT2D eigenvalue weighted by atomic mass is 19.4. The number of aromatic nitrogens is 2. The number of nitriles is 1. The standard InChI is InChI=1S/C28H27F3N6O2/c1-2-39-25-20(4-3-12-34-25)22-7-6-21-24(35-22)37(15-11-32)26(38)27(21)9-13-36(14-10-27)23-8-5-19(28(29,30)31)16-18(23)17-33/h3-8,12,16H,2,9-11,13-15,32H2,1H3. The number of fused-ring (bicyclic) bond motifs is 2. The first-order valence-corrected chi connectivity index (χ1v) is 12.7. The van der Waals surface area contributed by atoms with Gasteiger partial charge in [-0.05, 0) is 56.2 Å². The molecule has 11 heteroatoms. The van der Waals surface area contributed by atoms with Gasteiger partial charge in [0.1, 0.15) is 11.9 Å². The third-order valence-corrected chi connectivity index (χ3v) is 7.38. The Labute approximate surface area is 223 Å². The average molecular weight is 537 g/mol. The number of ether oxygens (including phenoxy) is 1. The quantitative estimate of drug-likeness (QED) is 0.501. The molecule has 1 amide bonds. The number of anilines is 2. The minimum Gasteiger partial charge on any atom is -0.477 e. The van der Waals surface area contributed by atoms with Crippen LogP contribution in [0.25, 0.3) is 11.3 Å². The predicted octanol–water partition coefficient (Wildman–Crippen LogP) is 4.28. The summed E-state index contributed by atoms with van der Waals surface area (Å²) in [6.45, 7) is 3.65. The Kier molecular flexibility index (Phi) is 6.91. The SMILES string of the molecule is CCOc1ncccc1-c1ccc2c(n1)N(CCN)C(=O)C21CCN(c2ccc(C(F)(F)F)cc2C#N)CC1. The molecule has 0 unspecified atom stereocenters. The second-order valence-corrected chi connectivity index (χ2v) is 9.51. The molecule has 0 aliphatic carbocycles. The van der Waals surface area contributed by atoms with Gasteiger partial charge in [-0.3, -0.25) is 9.69 Å². The van der Waals surface area contributed by atoms with Gasteiger partial charge in [0.15, 0.2) is 0 Å². The van der Waals surface area contributed by atoms with Crippen LogP contribution in [0.1, 0.15) is 36.5 Å². The number of hydrogen-bond acceptors (Lipinski definition) is 7. The molecule has 8 nitrogen and oxygen atoms in total. The smallest absolute Gasteiger partial charge is 0.416 e. The van der Waals surface area contributed by atoms with Crippen molar-refractivity contribution in [2.24, 2.45) is 5.73 Å². The van der Waals surface area contributed by atoms with E-state index in [2.05, 4.69) is 4.98 Å². The van der Waals surface area contributed by atoms with Crippen LogP contribution in [-0.2, 0) is 16.4 Å². The van der Waals surface area contributed by atoms with Crippen molar-refractivity contribution in [3.63, 3.8) is 0 Å². The van der Waals surface area contributed by atoms with Gasteiger partial charge in [-0.2, -0.15) is 18.4 Å². The largest absolute Gasteiger partial charge is 0.477 e. The lowest BCUT2D eigenvalue weighted by molar-refractivity contribution is -0.137. The highest BCUT2D eigenvalue weighted by Gasteiger charge is 2.53. The molecule has 1 aromatic carbocycles. The average Bonchev–Trinajstić information content (AvgIpc) is 3.15. The van der Waals surface area contributed by atoms with Gasteiger partial charge < -0.3 is 15.4 Å². The molecule has 4 heterocycles. The van der Waals surface area contributed by atoms with Crippen molar-refractivity contribution in [3.8, 4) is 23.2 Å². The molecule has 0 radical (unpaired) electrons. The number of rotatable bonds is 6. The summed E-state index contributed by atoms with van der Waals surface area (Å²) in [4.78, 5) is 26.5. The van der Waals surface area contributed by atoms with Crippen LogP contribution >= 0.6 is 0 Å². The zero-order valence-electron chi connectivity index (χ0n) is 21.3. The number of piperidine rings is 1. The first kappa shape index (κ1) is 26.4. The van der Waals surface area contributed by atoms with Gasteiger partial charge in [-0.15, -0.1) is 0 Å². The Morgan fingerprint density at radius 1 is 1.18 bits per heavy atom. The fourth-order valence-electron chi connectivity index (χ4n) is 5.51.